The van der Waals surface area contributed by atoms with Crippen molar-refractivity contribution in [2.75, 3.05) is 27.3 Å². The Morgan fingerprint density at radius 2 is 1.90 bits per heavy atom. The molecule has 7 nitrogen and oxygen atoms in total. The lowest BCUT2D eigenvalue weighted by molar-refractivity contribution is -0.134. The van der Waals surface area contributed by atoms with Crippen molar-refractivity contribution in [2.45, 2.75) is 52.1 Å². The van der Waals surface area contributed by atoms with E-state index in [0.717, 1.165) is 36.8 Å². The van der Waals surface area contributed by atoms with Crippen molar-refractivity contribution in [2.24, 2.45) is 5.92 Å². The summed E-state index contributed by atoms with van der Waals surface area (Å²) in [6.07, 6.45) is 6.50. The van der Waals surface area contributed by atoms with Crippen LogP contribution in [0.5, 0.6) is 5.88 Å². The zero-order valence-electron chi connectivity index (χ0n) is 18.1. The first-order valence-corrected chi connectivity index (χ1v) is 9.98. The molecule has 1 amide bonds. The number of ether oxygens (including phenoxy) is 3. The van der Waals surface area contributed by atoms with Gasteiger partial charge in [-0.05, 0) is 69.6 Å². The number of methoxy groups -OCH3 is 2. The molecule has 0 aromatic carbocycles. The summed E-state index contributed by atoms with van der Waals surface area (Å²) in [6, 6.07) is 3.67. The van der Waals surface area contributed by atoms with Gasteiger partial charge in [-0.1, -0.05) is 0 Å². The zero-order chi connectivity index (χ0) is 21.4. The highest BCUT2D eigenvalue weighted by atomic mass is 16.6. The second kappa shape index (κ2) is 10.3. The Balaban J connectivity index is 1.93. The average Bonchev–Trinajstić information content (AvgIpc) is 2.70. The van der Waals surface area contributed by atoms with Crippen LogP contribution in [-0.4, -0.2) is 54.9 Å². The Bertz CT molecular complexity index is 714. The van der Waals surface area contributed by atoms with Gasteiger partial charge in [0.1, 0.15) is 5.60 Å². The number of allylic oxidation sites excluding steroid dienone is 1. The number of piperidine rings is 1. The van der Waals surface area contributed by atoms with E-state index < -0.39 is 5.60 Å². The standard InChI is InChI=1S/C22H32N2O5/c1-22(2,3)29-21(26)24-12-10-16(11-13-24)6-7-17(14-20(25)28-5)18-8-9-19(27-4)23-15-18/h8-9,14-16H,6-7,10-13H2,1-5H3/b17-14-. The molecule has 0 atom stereocenters. The molecule has 29 heavy (non-hydrogen) atoms. The van der Waals surface area contributed by atoms with Crippen LogP contribution in [0.1, 0.15) is 52.0 Å². The van der Waals surface area contributed by atoms with Gasteiger partial charge >= 0.3 is 12.1 Å². The maximum absolute atomic E-state index is 12.2. The lowest BCUT2D eigenvalue weighted by Crippen LogP contribution is -2.41. The molecule has 7 heteroatoms. The highest BCUT2D eigenvalue weighted by molar-refractivity contribution is 5.91. The molecule has 0 unspecified atom stereocenters. The van der Waals surface area contributed by atoms with Crippen molar-refractivity contribution in [3.8, 4) is 5.88 Å². The number of rotatable bonds is 6. The van der Waals surface area contributed by atoms with Crippen LogP contribution in [0.25, 0.3) is 5.57 Å². The molecule has 1 aliphatic rings. The van der Waals surface area contributed by atoms with Gasteiger partial charge in [-0.15, -0.1) is 0 Å². The average molecular weight is 405 g/mol. The Kier molecular flexibility index (Phi) is 8.05. The van der Waals surface area contributed by atoms with E-state index in [1.165, 1.54) is 13.2 Å². The number of nitrogens with zero attached hydrogens (tertiary/aromatic N) is 2. The minimum atomic E-state index is -0.478. The summed E-state index contributed by atoms with van der Waals surface area (Å²) in [5.74, 6) is 0.636. The van der Waals surface area contributed by atoms with E-state index in [0.29, 0.717) is 24.9 Å². The summed E-state index contributed by atoms with van der Waals surface area (Å²) < 4.78 is 15.4. The van der Waals surface area contributed by atoms with Gasteiger partial charge in [-0.3, -0.25) is 0 Å². The Hall–Kier alpha value is -2.57. The molecular formula is C22H32N2O5. The minimum absolute atomic E-state index is 0.244. The van der Waals surface area contributed by atoms with Crippen LogP contribution in [0.4, 0.5) is 4.79 Å². The molecule has 0 N–H and O–H groups in total. The Morgan fingerprint density at radius 1 is 1.21 bits per heavy atom. The lowest BCUT2D eigenvalue weighted by Gasteiger charge is -2.33. The second-order valence-electron chi connectivity index (χ2n) is 8.23. The third-order valence-corrected chi connectivity index (χ3v) is 4.90. The van der Waals surface area contributed by atoms with Crippen LogP contribution in [0.2, 0.25) is 0 Å². The number of hydrogen-bond acceptors (Lipinski definition) is 6. The molecule has 0 saturated carbocycles. The van der Waals surface area contributed by atoms with E-state index in [1.54, 1.807) is 24.3 Å². The summed E-state index contributed by atoms with van der Waals surface area (Å²) in [5, 5.41) is 0. The van der Waals surface area contributed by atoms with Gasteiger partial charge in [-0.25, -0.2) is 14.6 Å². The summed E-state index contributed by atoms with van der Waals surface area (Å²) in [6.45, 7) is 7.02. The summed E-state index contributed by atoms with van der Waals surface area (Å²) in [5.41, 5.74) is 1.29. The van der Waals surface area contributed by atoms with Crippen LogP contribution in [0.3, 0.4) is 0 Å². The lowest BCUT2D eigenvalue weighted by atomic mass is 9.89. The van der Waals surface area contributed by atoms with Gasteiger partial charge in [0.15, 0.2) is 0 Å². The second-order valence-corrected chi connectivity index (χ2v) is 8.23. The predicted molar refractivity (Wildman–Crippen MR) is 111 cm³/mol. The summed E-state index contributed by atoms with van der Waals surface area (Å²) in [7, 11) is 2.94. The van der Waals surface area contributed by atoms with Crippen molar-refractivity contribution < 1.29 is 23.8 Å². The van der Waals surface area contributed by atoms with E-state index in [4.69, 9.17) is 14.2 Å². The first-order chi connectivity index (χ1) is 13.7. The molecule has 0 aliphatic carbocycles. The maximum atomic E-state index is 12.2. The highest BCUT2D eigenvalue weighted by Gasteiger charge is 2.26. The van der Waals surface area contributed by atoms with Crippen molar-refractivity contribution in [3.63, 3.8) is 0 Å². The van der Waals surface area contributed by atoms with E-state index >= 15 is 0 Å². The summed E-state index contributed by atoms with van der Waals surface area (Å²) in [4.78, 5) is 30.0. The molecular weight excluding hydrogens is 372 g/mol. The largest absolute Gasteiger partial charge is 0.481 e. The fourth-order valence-corrected chi connectivity index (χ4v) is 3.28. The summed E-state index contributed by atoms with van der Waals surface area (Å²) >= 11 is 0. The molecule has 160 valence electrons. The fourth-order valence-electron chi connectivity index (χ4n) is 3.28. The SMILES string of the molecule is COC(=O)/C=C(/CCC1CCN(C(=O)OC(C)(C)C)CC1)c1ccc(OC)nc1. The van der Waals surface area contributed by atoms with Crippen molar-refractivity contribution in [1.82, 2.24) is 9.88 Å². The Morgan fingerprint density at radius 3 is 2.41 bits per heavy atom. The fraction of sp³-hybridized carbons (Fsp3) is 0.591. The van der Waals surface area contributed by atoms with E-state index in [1.807, 2.05) is 26.8 Å². The van der Waals surface area contributed by atoms with E-state index in [2.05, 4.69) is 4.98 Å². The zero-order valence-corrected chi connectivity index (χ0v) is 18.1. The normalized spacial score (nSPS) is 15.8. The number of aromatic nitrogens is 1. The van der Waals surface area contributed by atoms with Gasteiger partial charge in [0, 0.05) is 31.4 Å². The van der Waals surface area contributed by atoms with Crippen LogP contribution in [0.15, 0.2) is 24.4 Å². The molecule has 1 fully saturated rings. The van der Waals surface area contributed by atoms with Gasteiger partial charge in [0.05, 0.1) is 14.2 Å². The number of carbonyl (C=O) groups is 2. The number of carbonyl (C=O) groups excluding carboxylic acids is 2. The molecule has 0 spiro atoms. The monoisotopic (exact) mass is 404 g/mol. The maximum Gasteiger partial charge on any atom is 0.410 e. The molecule has 2 rings (SSSR count). The number of amides is 1. The van der Waals surface area contributed by atoms with E-state index in [9.17, 15) is 9.59 Å². The van der Waals surface area contributed by atoms with Crippen LogP contribution in [-0.2, 0) is 14.3 Å². The van der Waals surface area contributed by atoms with Crippen molar-refractivity contribution >= 4 is 17.6 Å². The molecule has 0 radical (unpaired) electrons. The van der Waals surface area contributed by atoms with Gasteiger partial charge < -0.3 is 19.1 Å². The molecule has 1 aliphatic heterocycles. The first-order valence-electron chi connectivity index (χ1n) is 9.98. The predicted octanol–water partition coefficient (Wildman–Crippen LogP) is 4.07. The quantitative estimate of drug-likeness (QED) is 0.525. The Labute approximate surface area is 173 Å². The third kappa shape index (κ3) is 7.40. The van der Waals surface area contributed by atoms with E-state index in [-0.39, 0.29) is 12.1 Å². The number of likely N-dealkylation sites (tertiary alicyclic amines) is 1. The highest BCUT2D eigenvalue weighted by Crippen LogP contribution is 2.28. The van der Waals surface area contributed by atoms with Crippen molar-refractivity contribution in [1.29, 1.82) is 0 Å². The smallest absolute Gasteiger partial charge is 0.410 e. The number of pyridine rings is 1. The van der Waals surface area contributed by atoms with Gasteiger partial charge in [0.2, 0.25) is 5.88 Å². The van der Waals surface area contributed by atoms with Gasteiger partial charge in [0.25, 0.3) is 0 Å². The van der Waals surface area contributed by atoms with Crippen LogP contribution in [0, 0.1) is 5.92 Å². The minimum Gasteiger partial charge on any atom is -0.481 e. The number of esters is 1. The molecule has 0 bridgehead atoms. The van der Waals surface area contributed by atoms with Crippen molar-refractivity contribution in [3.05, 3.63) is 30.0 Å². The van der Waals surface area contributed by atoms with Crippen LogP contribution >= 0.6 is 0 Å². The first kappa shape index (κ1) is 22.7. The topological polar surface area (TPSA) is 78.0 Å². The molecule has 1 saturated heterocycles. The third-order valence-electron chi connectivity index (χ3n) is 4.90. The molecule has 1 aromatic heterocycles. The van der Waals surface area contributed by atoms with Crippen LogP contribution < -0.4 is 4.74 Å². The molecule has 2 heterocycles. The van der Waals surface area contributed by atoms with Gasteiger partial charge in [-0.2, -0.15) is 0 Å². The molecule has 1 aromatic rings. The number of hydrogen-bond donors (Lipinski definition) is 0.